The van der Waals surface area contributed by atoms with Gasteiger partial charge in [0.15, 0.2) is 38.8 Å². The number of carbonyl (C=O) groups is 8. The van der Waals surface area contributed by atoms with Gasteiger partial charge in [-0.25, -0.2) is 21.6 Å². The molecular weight excluding hydrogens is 1070 g/mol. The number of hydrogen-bond acceptors (Lipinski definition) is 16. The Balaban J connectivity index is 0.813. The molecule has 0 spiro atoms. The summed E-state index contributed by atoms with van der Waals surface area (Å²) in [6.07, 6.45) is -0.738. The fourth-order valence-corrected chi connectivity index (χ4v) is 12.8. The average Bonchev–Trinajstić information content (AvgIpc) is 4.04. The quantitative estimate of drug-likeness (QED) is 0.0390. The molecule has 420 valence electrons. The molecule has 5 unspecified atom stereocenters. The Kier molecular flexibility index (Phi) is 17.4. The first kappa shape index (κ1) is 58.3. The number of anilines is 3. The van der Waals surface area contributed by atoms with Gasteiger partial charge < -0.3 is 35.9 Å². The number of Topliss-reactive ketones (excluding diaryl/α,β-unsaturated/α-hetero) is 3. The van der Waals surface area contributed by atoms with Crippen LogP contribution in [0.3, 0.4) is 0 Å². The Morgan fingerprint density at radius 1 is 0.725 bits per heavy atom. The Morgan fingerprint density at radius 3 is 1.93 bits per heavy atom. The number of nitrogens with one attached hydrogen (secondary N) is 3. The van der Waals surface area contributed by atoms with Crippen LogP contribution in [0.25, 0.3) is 11.1 Å². The fraction of sp³-hybridized carbons (Fsp3) is 0.356. The summed E-state index contributed by atoms with van der Waals surface area (Å²) in [5.74, 6) is -6.43. The predicted octanol–water partition coefficient (Wildman–Crippen LogP) is 7.06. The van der Waals surface area contributed by atoms with Crippen molar-refractivity contribution in [3.63, 3.8) is 0 Å². The Labute approximate surface area is 464 Å². The van der Waals surface area contributed by atoms with Gasteiger partial charge in [-0.05, 0) is 85.5 Å². The van der Waals surface area contributed by atoms with Gasteiger partial charge in [-0.2, -0.15) is 0 Å². The highest BCUT2D eigenvalue weighted by Gasteiger charge is 2.40. The summed E-state index contributed by atoms with van der Waals surface area (Å²) >= 11 is 0. The lowest BCUT2D eigenvalue weighted by molar-refractivity contribution is -0.143. The van der Waals surface area contributed by atoms with Gasteiger partial charge in [-0.3, -0.25) is 33.6 Å². The van der Waals surface area contributed by atoms with Gasteiger partial charge in [-0.1, -0.05) is 99.6 Å². The molecule has 3 aliphatic rings. The number of sulfone groups is 1. The normalized spacial score (nSPS) is 16.3. The highest BCUT2D eigenvalue weighted by Crippen LogP contribution is 2.45. The number of nitrogens with zero attached hydrogens (tertiary/aromatic N) is 1. The fourth-order valence-electron chi connectivity index (χ4n) is 10.8. The molecule has 5 atom stereocenters. The molecule has 8 rings (SSSR count). The number of rotatable bonds is 22. The minimum atomic E-state index is -5.27. The van der Waals surface area contributed by atoms with E-state index in [0.717, 1.165) is 28.3 Å². The molecule has 0 saturated carbocycles. The number of carbonyl (C=O) groups excluding carboxylic acids is 8. The van der Waals surface area contributed by atoms with Crippen molar-refractivity contribution in [2.75, 3.05) is 30.0 Å². The van der Waals surface area contributed by atoms with Crippen LogP contribution < -0.4 is 21.7 Å². The topological polar surface area (TPSA) is 302 Å². The molecule has 5 N–H and O–H groups in total. The maximum atomic E-state index is 13.9. The first-order chi connectivity index (χ1) is 37.9. The van der Waals surface area contributed by atoms with Crippen molar-refractivity contribution in [1.29, 1.82) is 0 Å². The van der Waals surface area contributed by atoms with Gasteiger partial charge in [-0.15, -0.1) is 0 Å². The smallest absolute Gasteiger partial charge is 0.407 e. The maximum Gasteiger partial charge on any atom is 0.407 e. The molecule has 1 saturated heterocycles. The third-order valence-corrected chi connectivity index (χ3v) is 17.9. The number of fused-ring (bicyclic) bond motifs is 5. The second-order valence-electron chi connectivity index (χ2n) is 21.0. The number of likely N-dealkylation sites (tertiary alicyclic amines) is 1. The molecular formula is C59H62N5O14S2-. The van der Waals surface area contributed by atoms with Crippen LogP contribution >= 0.6 is 0 Å². The zero-order valence-corrected chi connectivity index (χ0v) is 46.4. The van der Waals surface area contributed by atoms with Gasteiger partial charge in [0.05, 0.1) is 56.2 Å². The number of ether oxygens (including phenoxy) is 1. The summed E-state index contributed by atoms with van der Waals surface area (Å²) in [4.78, 5) is 109. The van der Waals surface area contributed by atoms with Crippen LogP contribution in [0.1, 0.15) is 122 Å². The predicted molar refractivity (Wildman–Crippen MR) is 295 cm³/mol. The molecule has 3 amide bonds. The molecule has 0 aromatic heterocycles. The lowest BCUT2D eigenvalue weighted by atomic mass is 9.82. The average molecular weight is 1130 g/mol. The summed E-state index contributed by atoms with van der Waals surface area (Å²) < 4.78 is 69.7. The van der Waals surface area contributed by atoms with Crippen molar-refractivity contribution in [3.8, 4) is 11.1 Å². The van der Waals surface area contributed by atoms with E-state index in [4.69, 9.17) is 10.5 Å². The SMILES string of the molecule is CC(CC(=O)C(C)NC(=O)OCC1c2ccccc2-c2ccccc21)C(=O)N1CCCC1C(=O)CC(C(=O)NC(C)C(=O)CCCS(=O)(=O)c1cccc(Nc2cc(S(=O)(=O)[O-])c(N)c3c2C(=O)c2ccccc2C3=O)c1)C(C)C. The van der Waals surface area contributed by atoms with E-state index < -0.39 is 113 Å². The number of hydrogen-bond donors (Lipinski definition) is 4. The number of ketones is 5. The molecule has 1 heterocycles. The van der Waals surface area contributed by atoms with Crippen molar-refractivity contribution in [1.82, 2.24) is 15.5 Å². The molecule has 0 bridgehead atoms. The monoisotopic (exact) mass is 1130 g/mol. The van der Waals surface area contributed by atoms with Crippen LogP contribution in [0.5, 0.6) is 0 Å². The Morgan fingerprint density at radius 2 is 1.31 bits per heavy atom. The molecule has 80 heavy (non-hydrogen) atoms. The molecule has 2 aliphatic carbocycles. The van der Waals surface area contributed by atoms with Crippen molar-refractivity contribution in [2.24, 2.45) is 17.8 Å². The number of benzene rings is 5. The van der Waals surface area contributed by atoms with E-state index in [-0.39, 0.29) is 89.4 Å². The molecule has 0 radical (unpaired) electrons. The number of nitrogens with two attached hydrogens (primary N) is 1. The molecule has 1 fully saturated rings. The van der Waals surface area contributed by atoms with Gasteiger partial charge >= 0.3 is 6.09 Å². The standard InChI is InChI=1S/C59H63N5O14S2/c1-32(2)44(29-50(67)47-23-13-25-64(47)58(71)33(3)27-49(66)35(5)62-59(72)78-31-45-40-19-8-6-17-38(40)39-18-7-9-20-41(39)45)57(70)61-34(4)48(65)24-14-26-79(73,74)37-16-12-15-36(28-37)63-46-30-51(80(75,76)77)54(60)53-52(46)55(68)42-21-10-11-22-43(42)56(53)69/h6-12,15-22,28,30,32-35,44-45,47,63H,13-14,23-27,29,31,60H2,1-5H3,(H,61,70)(H,62,72)(H,75,76,77)/p-1. The first-order valence-corrected chi connectivity index (χ1v) is 29.4. The zero-order chi connectivity index (χ0) is 58.0. The van der Waals surface area contributed by atoms with Gasteiger partial charge in [0.2, 0.25) is 11.8 Å². The van der Waals surface area contributed by atoms with Gasteiger partial charge in [0.1, 0.15) is 16.7 Å². The van der Waals surface area contributed by atoms with E-state index in [9.17, 15) is 59.7 Å². The summed E-state index contributed by atoms with van der Waals surface area (Å²) in [7, 11) is -9.37. The Hall–Kier alpha value is -7.88. The van der Waals surface area contributed by atoms with Gasteiger partial charge in [0, 0.05) is 60.4 Å². The summed E-state index contributed by atoms with van der Waals surface area (Å²) in [6.45, 7) is 8.39. The van der Waals surface area contributed by atoms with Crippen molar-refractivity contribution in [3.05, 3.63) is 137 Å². The molecule has 1 aliphatic heterocycles. The van der Waals surface area contributed by atoms with Crippen LogP contribution in [-0.2, 0) is 48.7 Å². The van der Waals surface area contributed by atoms with E-state index in [1.165, 1.54) is 67.3 Å². The molecule has 19 nitrogen and oxygen atoms in total. The van der Waals surface area contributed by atoms with Crippen molar-refractivity contribution >= 4 is 83.8 Å². The molecule has 21 heteroatoms. The molecule has 5 aromatic rings. The Bertz CT molecular complexity index is 3530. The zero-order valence-electron chi connectivity index (χ0n) is 44.8. The minimum absolute atomic E-state index is 0.0107. The van der Waals surface area contributed by atoms with Crippen LogP contribution in [0, 0.1) is 17.8 Å². The van der Waals surface area contributed by atoms with Crippen LogP contribution in [0.15, 0.2) is 113 Å². The van der Waals surface area contributed by atoms with Crippen LogP contribution in [0.2, 0.25) is 0 Å². The minimum Gasteiger partial charge on any atom is -0.744 e. The second kappa shape index (κ2) is 23.8. The lowest BCUT2D eigenvalue weighted by Crippen LogP contribution is -2.47. The van der Waals surface area contributed by atoms with E-state index in [1.54, 1.807) is 20.8 Å². The molecule has 5 aromatic carbocycles. The highest BCUT2D eigenvalue weighted by molar-refractivity contribution is 7.91. The highest BCUT2D eigenvalue weighted by atomic mass is 32.2. The van der Waals surface area contributed by atoms with E-state index in [2.05, 4.69) is 16.0 Å². The maximum absolute atomic E-state index is 13.9. The first-order valence-electron chi connectivity index (χ1n) is 26.4. The van der Waals surface area contributed by atoms with E-state index in [1.807, 2.05) is 48.5 Å². The second-order valence-corrected chi connectivity index (χ2v) is 24.4. The van der Waals surface area contributed by atoms with Gasteiger partial charge in [0.25, 0.3) is 0 Å². The largest absolute Gasteiger partial charge is 0.744 e. The summed E-state index contributed by atoms with van der Waals surface area (Å²) in [6, 6.07) is 24.9. The van der Waals surface area contributed by atoms with Crippen LogP contribution in [-0.4, -0.2) is 110 Å². The van der Waals surface area contributed by atoms with Crippen LogP contribution in [0.4, 0.5) is 21.9 Å². The third kappa shape index (κ3) is 12.3. The van der Waals surface area contributed by atoms with Crippen molar-refractivity contribution < 1.29 is 64.5 Å². The number of amides is 3. The van der Waals surface area contributed by atoms with Crippen molar-refractivity contribution in [2.45, 2.75) is 107 Å². The third-order valence-electron chi connectivity index (χ3n) is 15.2. The van der Waals surface area contributed by atoms with E-state index in [0.29, 0.717) is 12.8 Å². The summed E-state index contributed by atoms with van der Waals surface area (Å²) in [5, 5.41) is 8.07. The number of alkyl carbamates (subject to hydrolysis) is 1. The van der Waals surface area contributed by atoms with E-state index >= 15 is 0 Å². The number of nitrogen functional groups attached to an aromatic ring is 1. The lowest BCUT2D eigenvalue weighted by Gasteiger charge is -2.29. The summed E-state index contributed by atoms with van der Waals surface area (Å²) in [5.41, 5.74) is 8.52.